The van der Waals surface area contributed by atoms with E-state index in [9.17, 15) is 22.8 Å². The molecule has 0 spiro atoms. The Kier molecular flexibility index (Phi) is 9.33. The number of nitrogens with one attached hydrogen (secondary N) is 3. The largest absolute Gasteiger partial charge is 0.445 e. The van der Waals surface area contributed by atoms with Gasteiger partial charge in [-0.3, -0.25) is 14.6 Å². The van der Waals surface area contributed by atoms with Crippen LogP contribution in [0.4, 0.5) is 4.79 Å². The average Bonchev–Trinajstić information content (AvgIpc) is 2.93. The van der Waals surface area contributed by atoms with E-state index in [1.807, 2.05) is 63.2 Å². The van der Waals surface area contributed by atoms with Crippen LogP contribution in [0, 0.1) is 0 Å². The van der Waals surface area contributed by atoms with E-state index in [0.29, 0.717) is 11.8 Å². The maximum absolute atomic E-state index is 13.3. The molecule has 1 aliphatic heterocycles. The molecule has 3 amide bonds. The Morgan fingerprint density at radius 3 is 2.36 bits per heavy atom. The smallest absolute Gasteiger partial charge is 0.407 e. The summed E-state index contributed by atoms with van der Waals surface area (Å²) in [5, 5.41) is 7.92. The molecule has 3 aromatic rings. The molecule has 11 heteroatoms. The average molecular weight is 593 g/mol. The summed E-state index contributed by atoms with van der Waals surface area (Å²) in [5.41, 5.74) is 2.04. The summed E-state index contributed by atoms with van der Waals surface area (Å²) in [7, 11) is -4.07. The van der Waals surface area contributed by atoms with Crippen LogP contribution in [0.1, 0.15) is 51.7 Å². The fraction of sp³-hybridized carbons (Fsp3) is 0.323. The second-order valence-corrected chi connectivity index (χ2v) is 12.8. The van der Waals surface area contributed by atoms with Crippen LogP contribution < -0.4 is 15.5 Å². The van der Waals surface area contributed by atoms with Crippen molar-refractivity contribution in [3.05, 3.63) is 89.0 Å². The maximum Gasteiger partial charge on any atom is 0.407 e. The van der Waals surface area contributed by atoms with E-state index in [-0.39, 0.29) is 36.6 Å². The van der Waals surface area contributed by atoms with Crippen LogP contribution in [0.2, 0.25) is 0 Å². The van der Waals surface area contributed by atoms with Gasteiger partial charge in [-0.25, -0.2) is 13.2 Å². The van der Waals surface area contributed by atoms with Crippen LogP contribution in [0.15, 0.2) is 82.8 Å². The minimum absolute atomic E-state index is 0.0303. The van der Waals surface area contributed by atoms with Gasteiger partial charge in [0.05, 0.1) is 11.3 Å². The molecule has 4 rings (SSSR count). The summed E-state index contributed by atoms with van der Waals surface area (Å²) in [6.07, 6.45) is -0.326. The van der Waals surface area contributed by atoms with Gasteiger partial charge in [0.2, 0.25) is 5.91 Å². The number of amides is 3. The van der Waals surface area contributed by atoms with E-state index in [4.69, 9.17) is 4.74 Å². The molecule has 0 saturated carbocycles. The fourth-order valence-electron chi connectivity index (χ4n) is 4.59. The lowest BCUT2D eigenvalue weighted by Gasteiger charge is -2.29. The molecule has 0 bridgehead atoms. The van der Waals surface area contributed by atoms with Gasteiger partial charge in [-0.1, -0.05) is 66.2 Å². The number of carbonyl (C=O) groups is 3. The number of hydrogen-bond acceptors (Lipinski definition) is 6. The molecule has 0 atom stereocenters. The number of nitrogens with zero attached hydrogens (tertiary/aromatic N) is 1. The van der Waals surface area contributed by atoms with Crippen LogP contribution in [-0.2, 0) is 37.5 Å². The second-order valence-electron chi connectivity index (χ2n) is 11.2. The summed E-state index contributed by atoms with van der Waals surface area (Å²) in [5.74, 6) is -0.950. The first-order chi connectivity index (χ1) is 19.8. The molecule has 42 heavy (non-hydrogen) atoms. The van der Waals surface area contributed by atoms with Crippen molar-refractivity contribution >= 4 is 38.7 Å². The number of ether oxygens (including phenoxy) is 1. The molecule has 0 fully saturated rings. The van der Waals surface area contributed by atoms with Gasteiger partial charge < -0.3 is 15.4 Å². The molecule has 3 aromatic carbocycles. The Morgan fingerprint density at radius 1 is 0.952 bits per heavy atom. The predicted octanol–water partition coefficient (Wildman–Crippen LogP) is 4.31. The first kappa shape index (κ1) is 30.7. The van der Waals surface area contributed by atoms with Crippen LogP contribution in [0.5, 0.6) is 0 Å². The molecule has 0 unspecified atom stereocenters. The van der Waals surface area contributed by atoms with Crippen LogP contribution in [0.3, 0.4) is 0 Å². The standard InChI is InChI=1S/C31H36N4O6S/c1-21-16-17-35(34-42(39,40)27-15-9-13-22-10-7-8-14-25(22)27)29(37)26(21)18-28(36)32-19-23-11-5-6-12-24(23)20-41-30(38)33-31(2,3)4/h5-15,34H,16-20H2,1-4H3,(H,32,36)(H,33,38). The monoisotopic (exact) mass is 592 g/mol. The van der Waals surface area contributed by atoms with Crippen molar-refractivity contribution in [1.29, 1.82) is 0 Å². The fourth-order valence-corrected chi connectivity index (χ4v) is 5.88. The van der Waals surface area contributed by atoms with Crippen LogP contribution in [0.25, 0.3) is 10.8 Å². The van der Waals surface area contributed by atoms with Gasteiger partial charge in [0.25, 0.3) is 15.9 Å². The lowest BCUT2D eigenvalue weighted by Crippen LogP contribution is -2.49. The minimum Gasteiger partial charge on any atom is -0.445 e. The Labute approximate surface area is 246 Å². The highest BCUT2D eigenvalue weighted by Gasteiger charge is 2.31. The zero-order valence-electron chi connectivity index (χ0n) is 24.2. The molecule has 1 aliphatic rings. The first-order valence-corrected chi connectivity index (χ1v) is 15.1. The van der Waals surface area contributed by atoms with E-state index in [1.165, 1.54) is 6.07 Å². The van der Waals surface area contributed by atoms with Crippen molar-refractivity contribution < 1.29 is 27.5 Å². The van der Waals surface area contributed by atoms with E-state index in [1.54, 1.807) is 25.1 Å². The Hall–Kier alpha value is -4.22. The number of rotatable bonds is 9. The lowest BCUT2D eigenvalue weighted by molar-refractivity contribution is -0.131. The molecular formula is C31H36N4O6S. The summed E-state index contributed by atoms with van der Waals surface area (Å²) in [6, 6.07) is 19.3. The molecule has 0 radical (unpaired) electrons. The number of hydrazine groups is 1. The van der Waals surface area contributed by atoms with Crippen molar-refractivity contribution in [3.8, 4) is 0 Å². The molecule has 1 heterocycles. The second kappa shape index (κ2) is 12.7. The Morgan fingerprint density at radius 2 is 1.62 bits per heavy atom. The van der Waals surface area contributed by atoms with Gasteiger partial charge in [-0.2, -0.15) is 0 Å². The Bertz CT molecular complexity index is 1640. The lowest BCUT2D eigenvalue weighted by atomic mass is 9.98. The quantitative estimate of drug-likeness (QED) is 0.339. The van der Waals surface area contributed by atoms with Gasteiger partial charge in [-0.05, 0) is 56.7 Å². The molecule has 0 aromatic heterocycles. The van der Waals surface area contributed by atoms with Crippen molar-refractivity contribution in [2.75, 3.05) is 6.54 Å². The number of alkyl carbamates (subject to hydrolysis) is 1. The normalized spacial score (nSPS) is 14.2. The van der Waals surface area contributed by atoms with Gasteiger partial charge >= 0.3 is 6.09 Å². The minimum atomic E-state index is -4.07. The third-order valence-electron chi connectivity index (χ3n) is 6.77. The van der Waals surface area contributed by atoms with Gasteiger partial charge in [0, 0.05) is 29.6 Å². The number of hydrogen-bond donors (Lipinski definition) is 3. The SMILES string of the molecule is CC1=C(CC(=O)NCc2ccccc2COC(=O)NC(C)(C)C)C(=O)N(NS(=O)(=O)c2cccc3ccccc23)CC1. The summed E-state index contributed by atoms with van der Waals surface area (Å²) in [4.78, 5) is 40.8. The summed E-state index contributed by atoms with van der Waals surface area (Å²) in [6.45, 7) is 7.67. The van der Waals surface area contributed by atoms with Crippen molar-refractivity contribution in [2.45, 2.75) is 64.1 Å². The molecule has 10 nitrogen and oxygen atoms in total. The summed E-state index contributed by atoms with van der Waals surface area (Å²) >= 11 is 0. The van der Waals surface area contributed by atoms with E-state index in [2.05, 4.69) is 15.5 Å². The maximum atomic E-state index is 13.3. The number of benzene rings is 3. The van der Waals surface area contributed by atoms with Crippen molar-refractivity contribution in [3.63, 3.8) is 0 Å². The van der Waals surface area contributed by atoms with Crippen molar-refractivity contribution in [2.24, 2.45) is 0 Å². The number of fused-ring (bicyclic) bond motifs is 1. The van der Waals surface area contributed by atoms with E-state index in [0.717, 1.165) is 27.1 Å². The highest BCUT2D eigenvalue weighted by atomic mass is 32.2. The number of carbonyl (C=O) groups excluding carboxylic acids is 3. The number of sulfonamides is 1. The van der Waals surface area contributed by atoms with Crippen LogP contribution >= 0.6 is 0 Å². The van der Waals surface area contributed by atoms with E-state index < -0.39 is 33.5 Å². The van der Waals surface area contributed by atoms with Gasteiger partial charge in [0.15, 0.2) is 0 Å². The zero-order chi connectivity index (χ0) is 30.5. The van der Waals surface area contributed by atoms with E-state index >= 15 is 0 Å². The third-order valence-corrected chi connectivity index (χ3v) is 8.16. The van der Waals surface area contributed by atoms with Gasteiger partial charge in [-0.15, -0.1) is 4.83 Å². The van der Waals surface area contributed by atoms with Gasteiger partial charge in [0.1, 0.15) is 6.61 Å². The van der Waals surface area contributed by atoms with Crippen molar-refractivity contribution in [1.82, 2.24) is 20.5 Å². The molecule has 0 aliphatic carbocycles. The van der Waals surface area contributed by atoms with Crippen LogP contribution in [-0.4, -0.2) is 43.4 Å². The molecule has 0 saturated heterocycles. The molecular weight excluding hydrogens is 556 g/mol. The highest BCUT2D eigenvalue weighted by Crippen LogP contribution is 2.25. The topological polar surface area (TPSA) is 134 Å². The molecule has 3 N–H and O–H groups in total. The third kappa shape index (κ3) is 7.74. The predicted molar refractivity (Wildman–Crippen MR) is 159 cm³/mol. The first-order valence-electron chi connectivity index (χ1n) is 13.6. The molecule has 222 valence electrons. The Balaban J connectivity index is 1.38. The summed E-state index contributed by atoms with van der Waals surface area (Å²) < 4.78 is 31.9. The zero-order valence-corrected chi connectivity index (χ0v) is 25.0. The highest BCUT2D eigenvalue weighted by molar-refractivity contribution is 7.89.